The van der Waals surface area contributed by atoms with Crippen LogP contribution in [-0.2, 0) is 22.6 Å². The molecular formula is C23H31BN6O5. The van der Waals surface area contributed by atoms with Crippen molar-refractivity contribution >= 4 is 30.6 Å². The number of hydrogen-bond acceptors (Lipinski definition) is 7. The van der Waals surface area contributed by atoms with Crippen LogP contribution in [0.1, 0.15) is 34.3 Å². The van der Waals surface area contributed by atoms with Crippen molar-refractivity contribution in [3.8, 4) is 0 Å². The molecule has 0 heterocycles. The maximum absolute atomic E-state index is 13.2. The fourth-order valence-corrected chi connectivity index (χ4v) is 3.33. The van der Waals surface area contributed by atoms with Gasteiger partial charge in [-0.2, -0.15) is 0 Å². The van der Waals surface area contributed by atoms with E-state index in [1.54, 1.807) is 42.5 Å². The molecule has 186 valence electrons. The molecule has 0 aliphatic heterocycles. The van der Waals surface area contributed by atoms with Crippen LogP contribution in [-0.4, -0.2) is 59.3 Å². The van der Waals surface area contributed by atoms with E-state index in [1.165, 1.54) is 0 Å². The van der Waals surface area contributed by atoms with Gasteiger partial charge in [0.1, 0.15) is 6.04 Å². The molecule has 2 rings (SSSR count). The van der Waals surface area contributed by atoms with E-state index in [1.807, 2.05) is 12.1 Å². The van der Waals surface area contributed by atoms with Gasteiger partial charge in [0.2, 0.25) is 5.91 Å². The number of hydrogen-bond donors (Lipinski definition) is 7. The second kappa shape index (κ2) is 13.8. The summed E-state index contributed by atoms with van der Waals surface area (Å²) in [6.07, 6.45) is 0.484. The Hall–Kier alpha value is -3.74. The summed E-state index contributed by atoms with van der Waals surface area (Å²) in [5.41, 5.74) is 17.3. The smallest absolute Gasteiger partial charge is 0.421 e. The van der Waals surface area contributed by atoms with Gasteiger partial charge in [-0.25, -0.2) is 0 Å². The summed E-state index contributed by atoms with van der Waals surface area (Å²) in [6, 6.07) is 13.4. The van der Waals surface area contributed by atoms with Gasteiger partial charge in [0.15, 0.2) is 11.6 Å². The minimum atomic E-state index is -2.27. The zero-order valence-electron chi connectivity index (χ0n) is 19.3. The lowest BCUT2D eigenvalue weighted by Crippen LogP contribution is -2.54. The second-order valence-corrected chi connectivity index (χ2v) is 7.90. The van der Waals surface area contributed by atoms with Crippen molar-refractivity contribution in [3.63, 3.8) is 0 Å². The number of benzene rings is 2. The van der Waals surface area contributed by atoms with Gasteiger partial charge in [0, 0.05) is 25.1 Å². The Balaban J connectivity index is 2.21. The summed E-state index contributed by atoms with van der Waals surface area (Å²) < 4.78 is 0. The average molecular weight is 482 g/mol. The van der Waals surface area contributed by atoms with E-state index in [2.05, 4.69) is 15.6 Å². The lowest BCUT2D eigenvalue weighted by Gasteiger charge is -2.23. The molecule has 0 aliphatic carbocycles. The zero-order chi connectivity index (χ0) is 25.8. The molecule has 2 aromatic carbocycles. The highest BCUT2D eigenvalue weighted by Crippen LogP contribution is 2.10. The molecular weight excluding hydrogens is 451 g/mol. The summed E-state index contributed by atoms with van der Waals surface area (Å²) in [6.45, 7) is 0.549. The third kappa shape index (κ3) is 9.20. The van der Waals surface area contributed by atoms with Gasteiger partial charge < -0.3 is 42.7 Å². The normalized spacial score (nSPS) is 12.2. The van der Waals surface area contributed by atoms with E-state index >= 15 is 0 Å². The molecule has 10 N–H and O–H groups in total. The quantitative estimate of drug-likeness (QED) is 0.0781. The highest BCUT2D eigenvalue weighted by atomic mass is 16.4. The standard InChI is InChI=1S/C23H31BN6O5/c25-14-16-10-8-15(9-11-16)13-19(30-21(32)17-5-2-1-3-6-17)22(33)29-18(20(31)24(34)35)7-4-12-28-23(26)27/h1-3,5-6,8-11,18-19,34-35H,4,7,12-14,25H2,(H,29,33)(H,30,32)(H4,26,27,28)/t18-,19-/m0/s1. The van der Waals surface area contributed by atoms with E-state index in [0.29, 0.717) is 18.5 Å². The summed E-state index contributed by atoms with van der Waals surface area (Å²) in [7, 11) is -2.27. The largest absolute Gasteiger partial charge is 0.529 e. The predicted molar refractivity (Wildman–Crippen MR) is 133 cm³/mol. The van der Waals surface area contributed by atoms with Crippen LogP contribution in [0.5, 0.6) is 0 Å². The molecule has 0 fully saturated rings. The minimum Gasteiger partial charge on any atom is -0.421 e. The predicted octanol–water partition coefficient (Wildman–Crippen LogP) is -1.39. The van der Waals surface area contributed by atoms with Gasteiger partial charge in [-0.3, -0.25) is 14.6 Å². The Kier molecular flexibility index (Phi) is 10.9. The zero-order valence-corrected chi connectivity index (χ0v) is 19.3. The molecule has 12 heteroatoms. The monoisotopic (exact) mass is 482 g/mol. The molecule has 0 saturated carbocycles. The summed E-state index contributed by atoms with van der Waals surface area (Å²) in [5.74, 6) is -1.25. The summed E-state index contributed by atoms with van der Waals surface area (Å²) >= 11 is 0. The summed E-state index contributed by atoms with van der Waals surface area (Å²) in [5, 5.41) is 24.0. The van der Waals surface area contributed by atoms with Crippen LogP contribution in [0.3, 0.4) is 0 Å². The maximum Gasteiger partial charge on any atom is 0.529 e. The van der Waals surface area contributed by atoms with Crippen molar-refractivity contribution < 1.29 is 24.4 Å². The van der Waals surface area contributed by atoms with Gasteiger partial charge in [-0.05, 0) is 36.1 Å². The Labute approximate surface area is 203 Å². The average Bonchev–Trinajstić information content (AvgIpc) is 2.85. The Morgan fingerprint density at radius 1 is 0.914 bits per heavy atom. The number of nitrogens with zero attached hydrogens (tertiary/aromatic N) is 1. The SMILES string of the molecule is NCc1ccc(C[C@H](NC(=O)c2ccccc2)C(=O)N[C@@H](CCCN=C(N)N)C(=O)B(O)O)cc1. The lowest BCUT2D eigenvalue weighted by molar-refractivity contribution is -0.127. The molecule has 2 aromatic rings. The highest BCUT2D eigenvalue weighted by Gasteiger charge is 2.32. The molecule has 0 aliphatic rings. The van der Waals surface area contributed by atoms with Crippen molar-refractivity contribution in [2.45, 2.75) is 37.9 Å². The van der Waals surface area contributed by atoms with Gasteiger partial charge in [0.25, 0.3) is 5.91 Å². The van der Waals surface area contributed by atoms with Crippen LogP contribution in [0.2, 0.25) is 0 Å². The number of aliphatic imine (C=N–C) groups is 1. The maximum atomic E-state index is 13.2. The number of amides is 2. The Morgan fingerprint density at radius 3 is 2.11 bits per heavy atom. The number of rotatable bonds is 13. The van der Waals surface area contributed by atoms with Gasteiger partial charge in [-0.1, -0.05) is 42.5 Å². The highest BCUT2D eigenvalue weighted by molar-refractivity contribution is 6.79. The van der Waals surface area contributed by atoms with Crippen molar-refractivity contribution in [3.05, 3.63) is 71.3 Å². The first-order valence-corrected chi connectivity index (χ1v) is 11.1. The molecule has 0 aromatic heterocycles. The fraction of sp³-hybridized carbons (Fsp3) is 0.304. The minimum absolute atomic E-state index is 0.0590. The van der Waals surface area contributed by atoms with E-state index in [-0.39, 0.29) is 25.3 Å². The number of guanidine groups is 1. The van der Waals surface area contributed by atoms with Crippen LogP contribution >= 0.6 is 0 Å². The van der Waals surface area contributed by atoms with Gasteiger partial charge >= 0.3 is 7.12 Å². The number of carbonyl (C=O) groups is 3. The molecule has 0 saturated heterocycles. The first kappa shape index (κ1) is 27.5. The first-order chi connectivity index (χ1) is 16.7. The molecule has 0 unspecified atom stereocenters. The number of carbonyl (C=O) groups excluding carboxylic acids is 3. The van der Waals surface area contributed by atoms with Crippen LogP contribution in [0.25, 0.3) is 0 Å². The van der Waals surface area contributed by atoms with Crippen LogP contribution in [0, 0.1) is 0 Å². The fourth-order valence-electron chi connectivity index (χ4n) is 3.33. The van der Waals surface area contributed by atoms with Crippen LogP contribution in [0.15, 0.2) is 59.6 Å². The lowest BCUT2D eigenvalue weighted by atomic mass is 9.78. The third-order valence-corrected chi connectivity index (χ3v) is 5.22. The first-order valence-electron chi connectivity index (χ1n) is 11.1. The molecule has 0 radical (unpaired) electrons. The van der Waals surface area contributed by atoms with E-state index in [9.17, 15) is 24.4 Å². The molecule has 2 atom stereocenters. The molecule has 11 nitrogen and oxygen atoms in total. The van der Waals surface area contributed by atoms with Crippen molar-refractivity contribution in [2.75, 3.05) is 6.54 Å². The molecule has 35 heavy (non-hydrogen) atoms. The van der Waals surface area contributed by atoms with Crippen molar-refractivity contribution in [1.29, 1.82) is 0 Å². The Bertz CT molecular complexity index is 1010. The van der Waals surface area contributed by atoms with Crippen molar-refractivity contribution in [1.82, 2.24) is 10.6 Å². The van der Waals surface area contributed by atoms with Crippen LogP contribution in [0.4, 0.5) is 0 Å². The van der Waals surface area contributed by atoms with Crippen molar-refractivity contribution in [2.24, 2.45) is 22.2 Å². The topological polar surface area (TPSA) is 206 Å². The Morgan fingerprint density at radius 2 is 1.54 bits per heavy atom. The van der Waals surface area contributed by atoms with E-state index in [4.69, 9.17) is 17.2 Å². The number of nitrogens with two attached hydrogens (primary N) is 3. The molecule has 0 spiro atoms. The van der Waals surface area contributed by atoms with Gasteiger partial charge in [-0.15, -0.1) is 0 Å². The summed E-state index contributed by atoms with van der Waals surface area (Å²) in [4.78, 5) is 42.1. The molecule has 2 amide bonds. The second-order valence-electron chi connectivity index (χ2n) is 7.90. The van der Waals surface area contributed by atoms with Crippen LogP contribution < -0.4 is 27.8 Å². The van der Waals surface area contributed by atoms with E-state index < -0.39 is 36.7 Å². The van der Waals surface area contributed by atoms with E-state index in [0.717, 1.165) is 11.1 Å². The molecule has 0 bridgehead atoms. The third-order valence-electron chi connectivity index (χ3n) is 5.22. The van der Waals surface area contributed by atoms with Gasteiger partial charge in [0.05, 0.1) is 6.04 Å². The number of nitrogens with one attached hydrogen (secondary N) is 2.